The van der Waals surface area contributed by atoms with Crippen molar-refractivity contribution >= 4 is 52.1 Å². The van der Waals surface area contributed by atoms with Gasteiger partial charge in [0.05, 0.1) is 16.0 Å². The first-order valence-corrected chi connectivity index (χ1v) is 6.56. The van der Waals surface area contributed by atoms with Crippen molar-refractivity contribution in [1.82, 2.24) is 0 Å². The summed E-state index contributed by atoms with van der Waals surface area (Å²) in [5.74, 6) is 1.81. The summed E-state index contributed by atoms with van der Waals surface area (Å²) in [6.45, 7) is 1.75. The topological polar surface area (TPSA) is 32.7 Å². The lowest BCUT2D eigenvalue weighted by Crippen LogP contribution is -2.27. The summed E-state index contributed by atoms with van der Waals surface area (Å²) in [4.78, 5) is 12.3. The van der Waals surface area contributed by atoms with Crippen molar-refractivity contribution in [3.8, 4) is 12.3 Å². The van der Waals surface area contributed by atoms with Crippen LogP contribution in [0.4, 0.5) is 5.69 Å². The molecule has 0 unspecified atom stereocenters. The predicted octanol–water partition coefficient (Wildman–Crippen LogP) is 4.01. The Morgan fingerprint density at radius 2 is 1.95 bits per heavy atom. The zero-order valence-electron chi connectivity index (χ0n) is 9.95. The molecule has 1 atom stereocenters. The largest absolute Gasteiger partial charge is 0.272 e. The Bertz CT molecular complexity index is 596. The molecule has 1 amide bonds. The molecular weight excluding hydrogens is 307 g/mol. The fraction of sp³-hybridized carbons (Fsp3) is 0.231. The molecule has 3 nitrogen and oxygen atoms in total. The number of hydrogen-bond donors (Lipinski definition) is 0. The maximum absolute atomic E-state index is 12.3. The Morgan fingerprint density at radius 1 is 1.37 bits per heavy atom. The predicted molar refractivity (Wildman–Crippen MR) is 79.0 cm³/mol. The molecule has 1 aliphatic heterocycles. The number of carbonyl (C=O) groups excluding carboxylic acids is 1. The molecule has 0 N–H and O–H groups in total. The normalized spacial score (nSPS) is 18.5. The Labute approximate surface area is 126 Å². The molecule has 0 saturated heterocycles. The van der Waals surface area contributed by atoms with Crippen LogP contribution in [0.2, 0.25) is 15.1 Å². The van der Waals surface area contributed by atoms with E-state index in [4.69, 9.17) is 41.2 Å². The van der Waals surface area contributed by atoms with Crippen molar-refractivity contribution in [2.75, 3.05) is 5.01 Å². The average molecular weight is 316 g/mol. The van der Waals surface area contributed by atoms with Gasteiger partial charge in [0.15, 0.2) is 0 Å². The van der Waals surface area contributed by atoms with Gasteiger partial charge in [-0.15, -0.1) is 12.3 Å². The molecule has 98 valence electrons. The number of carbonyl (C=O) groups is 1. The molecule has 0 aromatic heterocycles. The number of hydrazone groups is 1. The number of nitrogens with zero attached hydrogens (tertiary/aromatic N) is 2. The van der Waals surface area contributed by atoms with E-state index in [2.05, 4.69) is 11.0 Å². The Balaban J connectivity index is 2.46. The fourth-order valence-electron chi connectivity index (χ4n) is 1.85. The number of benzene rings is 1. The smallest absolute Gasteiger partial charge is 0.257 e. The standard InChI is InChI=1S/C13H9Cl3N2O/c1-3-4-9-7(2)17-18(13(9)19)12-10(15)5-8(14)6-11(12)16/h1,5-6,9H,4H2,2H3/t9-/m1/s1. The molecule has 0 spiro atoms. The lowest BCUT2D eigenvalue weighted by molar-refractivity contribution is -0.119. The van der Waals surface area contributed by atoms with Crippen LogP contribution < -0.4 is 5.01 Å². The summed E-state index contributed by atoms with van der Waals surface area (Å²) in [5, 5.41) is 6.31. The van der Waals surface area contributed by atoms with E-state index in [1.165, 1.54) is 17.1 Å². The van der Waals surface area contributed by atoms with Gasteiger partial charge in [-0.2, -0.15) is 10.1 Å². The van der Waals surface area contributed by atoms with E-state index in [9.17, 15) is 4.79 Å². The lowest BCUT2D eigenvalue weighted by atomic mass is 10.0. The molecule has 1 aromatic carbocycles. The van der Waals surface area contributed by atoms with Crippen LogP contribution in [0.5, 0.6) is 0 Å². The average Bonchev–Trinajstić information content (AvgIpc) is 2.56. The maximum Gasteiger partial charge on any atom is 0.257 e. The van der Waals surface area contributed by atoms with Gasteiger partial charge in [-0.25, -0.2) is 0 Å². The summed E-state index contributed by atoms with van der Waals surface area (Å²) in [6, 6.07) is 3.02. The summed E-state index contributed by atoms with van der Waals surface area (Å²) in [5.41, 5.74) is 0.974. The molecule has 1 heterocycles. The van der Waals surface area contributed by atoms with E-state index in [-0.39, 0.29) is 16.0 Å². The minimum Gasteiger partial charge on any atom is -0.272 e. The summed E-state index contributed by atoms with van der Waals surface area (Å²) in [7, 11) is 0. The van der Waals surface area contributed by atoms with E-state index < -0.39 is 5.92 Å². The van der Waals surface area contributed by atoms with E-state index in [0.29, 0.717) is 22.8 Å². The van der Waals surface area contributed by atoms with Gasteiger partial charge in [0.25, 0.3) is 5.91 Å². The Hall–Kier alpha value is -1.21. The van der Waals surface area contributed by atoms with Gasteiger partial charge in [-0.1, -0.05) is 34.8 Å². The summed E-state index contributed by atoms with van der Waals surface area (Å²) in [6.07, 6.45) is 5.55. The second-order valence-corrected chi connectivity index (χ2v) is 5.32. The number of amides is 1. The van der Waals surface area contributed by atoms with Crippen LogP contribution in [0.15, 0.2) is 17.2 Å². The minimum atomic E-state index is -0.423. The van der Waals surface area contributed by atoms with Gasteiger partial charge in [0, 0.05) is 17.2 Å². The van der Waals surface area contributed by atoms with E-state index in [1.807, 2.05) is 0 Å². The van der Waals surface area contributed by atoms with Gasteiger partial charge in [-0.3, -0.25) is 4.79 Å². The highest BCUT2D eigenvalue weighted by atomic mass is 35.5. The third-order valence-corrected chi connectivity index (χ3v) is 3.58. The van der Waals surface area contributed by atoms with Crippen molar-refractivity contribution in [3.05, 3.63) is 27.2 Å². The van der Waals surface area contributed by atoms with Crippen molar-refractivity contribution in [3.63, 3.8) is 0 Å². The SMILES string of the molecule is C#CC[C@H]1C(=O)N(c2c(Cl)cc(Cl)cc2Cl)N=C1C. The van der Waals surface area contributed by atoms with Gasteiger partial charge >= 0.3 is 0 Å². The van der Waals surface area contributed by atoms with Crippen LogP contribution >= 0.6 is 34.8 Å². The molecule has 1 aromatic rings. The van der Waals surface area contributed by atoms with Crippen molar-refractivity contribution in [1.29, 1.82) is 0 Å². The first kappa shape index (κ1) is 14.2. The summed E-state index contributed by atoms with van der Waals surface area (Å²) >= 11 is 18.0. The molecule has 2 rings (SSSR count). The molecule has 19 heavy (non-hydrogen) atoms. The highest BCUT2D eigenvalue weighted by Gasteiger charge is 2.35. The summed E-state index contributed by atoms with van der Waals surface area (Å²) < 4.78 is 0. The number of rotatable bonds is 2. The third kappa shape index (κ3) is 2.57. The number of hydrogen-bond acceptors (Lipinski definition) is 2. The molecule has 6 heteroatoms. The lowest BCUT2D eigenvalue weighted by Gasteiger charge is -2.16. The van der Waals surface area contributed by atoms with Crippen LogP contribution in [-0.2, 0) is 4.79 Å². The van der Waals surface area contributed by atoms with Crippen LogP contribution in [-0.4, -0.2) is 11.6 Å². The van der Waals surface area contributed by atoms with Crippen LogP contribution in [0, 0.1) is 18.3 Å². The fourth-order valence-corrected chi connectivity index (χ4v) is 2.83. The van der Waals surface area contributed by atoms with Crippen LogP contribution in [0.1, 0.15) is 13.3 Å². The van der Waals surface area contributed by atoms with Gasteiger partial charge in [0.1, 0.15) is 5.69 Å². The first-order valence-electron chi connectivity index (χ1n) is 5.42. The van der Waals surface area contributed by atoms with Crippen molar-refractivity contribution in [2.24, 2.45) is 11.0 Å². The van der Waals surface area contributed by atoms with E-state index >= 15 is 0 Å². The highest BCUT2D eigenvalue weighted by molar-refractivity contribution is 6.42. The monoisotopic (exact) mass is 314 g/mol. The molecule has 1 aliphatic rings. The molecule has 0 fully saturated rings. The highest BCUT2D eigenvalue weighted by Crippen LogP contribution is 2.39. The number of terminal acetylenes is 1. The minimum absolute atomic E-state index is 0.235. The molecular formula is C13H9Cl3N2O. The van der Waals surface area contributed by atoms with Gasteiger partial charge in [0.2, 0.25) is 0 Å². The Kier molecular flexibility index (Phi) is 4.05. The van der Waals surface area contributed by atoms with Crippen LogP contribution in [0.25, 0.3) is 0 Å². The van der Waals surface area contributed by atoms with Gasteiger partial charge < -0.3 is 0 Å². The second kappa shape index (κ2) is 5.42. The van der Waals surface area contributed by atoms with Crippen molar-refractivity contribution in [2.45, 2.75) is 13.3 Å². The quantitative estimate of drug-likeness (QED) is 0.759. The van der Waals surface area contributed by atoms with Crippen LogP contribution in [0.3, 0.4) is 0 Å². The maximum atomic E-state index is 12.3. The molecule has 0 saturated carbocycles. The zero-order valence-corrected chi connectivity index (χ0v) is 12.2. The van der Waals surface area contributed by atoms with E-state index in [0.717, 1.165) is 0 Å². The molecule has 0 aliphatic carbocycles. The Morgan fingerprint density at radius 3 is 2.47 bits per heavy atom. The second-order valence-electron chi connectivity index (χ2n) is 4.07. The third-order valence-electron chi connectivity index (χ3n) is 2.78. The first-order chi connectivity index (χ1) is 8.95. The van der Waals surface area contributed by atoms with Crippen molar-refractivity contribution < 1.29 is 4.79 Å². The zero-order chi connectivity index (χ0) is 14.2. The number of anilines is 1. The van der Waals surface area contributed by atoms with E-state index in [1.54, 1.807) is 6.92 Å². The molecule has 0 radical (unpaired) electrons. The van der Waals surface area contributed by atoms with Gasteiger partial charge in [-0.05, 0) is 19.1 Å². The number of halogens is 3. The molecule has 0 bridgehead atoms.